The van der Waals surface area contributed by atoms with Crippen molar-refractivity contribution < 1.29 is 4.74 Å². The molecule has 0 amide bonds. The van der Waals surface area contributed by atoms with Crippen LogP contribution < -0.4 is 9.64 Å². The summed E-state index contributed by atoms with van der Waals surface area (Å²) < 4.78 is 5.79. The zero-order chi connectivity index (χ0) is 16.8. The van der Waals surface area contributed by atoms with Gasteiger partial charge in [0.15, 0.2) is 11.0 Å². The van der Waals surface area contributed by atoms with E-state index in [4.69, 9.17) is 16.3 Å². The van der Waals surface area contributed by atoms with Crippen molar-refractivity contribution in [1.29, 1.82) is 0 Å². The Balaban J connectivity index is 1.35. The minimum atomic E-state index is 0.436. The van der Waals surface area contributed by atoms with Crippen LogP contribution in [0.4, 0.5) is 5.82 Å². The second kappa shape index (κ2) is 8.31. The molecule has 24 heavy (non-hydrogen) atoms. The van der Waals surface area contributed by atoms with Crippen molar-refractivity contribution in [1.82, 2.24) is 15.1 Å². The van der Waals surface area contributed by atoms with Gasteiger partial charge in [0, 0.05) is 32.7 Å². The molecule has 0 unspecified atom stereocenters. The van der Waals surface area contributed by atoms with E-state index in [2.05, 4.69) is 39.1 Å². The molecule has 5 nitrogen and oxygen atoms in total. The van der Waals surface area contributed by atoms with Crippen molar-refractivity contribution in [3.05, 3.63) is 47.1 Å². The normalized spacial score (nSPS) is 15.5. The molecular formula is C18H23ClN4O. The molecule has 0 atom stereocenters. The van der Waals surface area contributed by atoms with Crippen LogP contribution in [0.5, 0.6) is 5.75 Å². The first-order chi connectivity index (χ1) is 11.7. The van der Waals surface area contributed by atoms with Crippen LogP contribution in [-0.4, -0.2) is 54.4 Å². The lowest BCUT2D eigenvalue weighted by atomic mass is 10.2. The minimum Gasteiger partial charge on any atom is -0.494 e. The zero-order valence-corrected chi connectivity index (χ0v) is 14.7. The first-order valence-corrected chi connectivity index (χ1v) is 8.74. The van der Waals surface area contributed by atoms with Crippen LogP contribution in [0.25, 0.3) is 0 Å². The van der Waals surface area contributed by atoms with Crippen molar-refractivity contribution in [2.45, 2.75) is 13.3 Å². The van der Waals surface area contributed by atoms with Gasteiger partial charge in [-0.3, -0.25) is 4.90 Å². The molecule has 1 saturated heterocycles. The monoisotopic (exact) mass is 346 g/mol. The fourth-order valence-electron chi connectivity index (χ4n) is 2.79. The Bertz CT molecular complexity index is 624. The van der Waals surface area contributed by atoms with Gasteiger partial charge in [-0.15, -0.1) is 10.2 Å². The summed E-state index contributed by atoms with van der Waals surface area (Å²) in [5, 5.41) is 8.50. The van der Waals surface area contributed by atoms with Crippen LogP contribution in [0, 0.1) is 6.92 Å². The topological polar surface area (TPSA) is 41.5 Å². The summed E-state index contributed by atoms with van der Waals surface area (Å²) in [6.07, 6.45) is 1.04. The number of halogens is 1. The standard InChI is InChI=1S/C18H23ClN4O/c1-15-3-5-16(6-4-15)24-14-2-9-22-10-12-23(13-11-22)18-8-7-17(19)20-21-18/h3-8H,2,9-14H2,1H3. The lowest BCUT2D eigenvalue weighted by Gasteiger charge is -2.35. The number of piperazine rings is 1. The number of rotatable bonds is 6. The number of hydrogen-bond acceptors (Lipinski definition) is 5. The molecule has 6 heteroatoms. The van der Waals surface area contributed by atoms with E-state index in [0.717, 1.165) is 57.3 Å². The summed E-state index contributed by atoms with van der Waals surface area (Å²) >= 11 is 5.78. The van der Waals surface area contributed by atoms with Crippen LogP contribution in [0.15, 0.2) is 36.4 Å². The largest absolute Gasteiger partial charge is 0.494 e. The molecule has 0 aliphatic carbocycles. The molecule has 3 rings (SSSR count). The van der Waals surface area contributed by atoms with Crippen LogP contribution in [0.1, 0.15) is 12.0 Å². The third-order valence-electron chi connectivity index (χ3n) is 4.22. The SMILES string of the molecule is Cc1ccc(OCCCN2CCN(c3ccc(Cl)nn3)CC2)cc1. The molecule has 0 bridgehead atoms. The second-order valence-corrected chi connectivity index (χ2v) is 6.45. The van der Waals surface area contributed by atoms with Gasteiger partial charge >= 0.3 is 0 Å². The highest BCUT2D eigenvalue weighted by atomic mass is 35.5. The fourth-order valence-corrected chi connectivity index (χ4v) is 2.89. The Kier molecular flexibility index (Phi) is 5.88. The average Bonchev–Trinajstić information content (AvgIpc) is 2.62. The maximum Gasteiger partial charge on any atom is 0.151 e. The number of aryl methyl sites for hydroxylation is 1. The van der Waals surface area contributed by atoms with Crippen molar-refractivity contribution in [2.75, 3.05) is 44.2 Å². The van der Waals surface area contributed by atoms with Gasteiger partial charge in [0.1, 0.15) is 5.75 Å². The van der Waals surface area contributed by atoms with Crippen LogP contribution in [0.3, 0.4) is 0 Å². The Labute approximate surface area is 148 Å². The van der Waals surface area contributed by atoms with E-state index in [1.807, 2.05) is 18.2 Å². The Morgan fingerprint density at radius 2 is 1.75 bits per heavy atom. The quantitative estimate of drug-likeness (QED) is 0.752. The molecule has 1 fully saturated rings. The molecule has 0 radical (unpaired) electrons. The highest BCUT2D eigenvalue weighted by molar-refractivity contribution is 6.29. The van der Waals surface area contributed by atoms with Crippen LogP contribution >= 0.6 is 11.6 Å². The Morgan fingerprint density at radius 3 is 2.42 bits per heavy atom. The maximum atomic E-state index is 5.79. The van der Waals surface area contributed by atoms with Gasteiger partial charge in [0.25, 0.3) is 0 Å². The number of nitrogens with zero attached hydrogens (tertiary/aromatic N) is 4. The van der Waals surface area contributed by atoms with Crippen molar-refractivity contribution in [2.24, 2.45) is 0 Å². The number of hydrogen-bond donors (Lipinski definition) is 0. The van der Waals surface area contributed by atoms with E-state index >= 15 is 0 Å². The van der Waals surface area contributed by atoms with E-state index in [9.17, 15) is 0 Å². The van der Waals surface area contributed by atoms with E-state index in [1.165, 1.54) is 5.56 Å². The molecule has 0 spiro atoms. The molecule has 0 N–H and O–H groups in total. The molecule has 1 aromatic carbocycles. The third kappa shape index (κ3) is 4.82. The van der Waals surface area contributed by atoms with Gasteiger partial charge in [-0.2, -0.15) is 0 Å². The lowest BCUT2D eigenvalue weighted by molar-refractivity contribution is 0.224. The molecule has 128 valence electrons. The molecule has 2 heterocycles. The number of benzene rings is 1. The number of aromatic nitrogens is 2. The van der Waals surface area contributed by atoms with E-state index in [0.29, 0.717) is 5.15 Å². The van der Waals surface area contributed by atoms with Crippen LogP contribution in [-0.2, 0) is 0 Å². The van der Waals surface area contributed by atoms with Gasteiger partial charge in [-0.05, 0) is 37.6 Å². The predicted molar refractivity (Wildman–Crippen MR) is 97.0 cm³/mol. The summed E-state index contributed by atoms with van der Waals surface area (Å²) in [5.41, 5.74) is 1.26. The van der Waals surface area contributed by atoms with E-state index < -0.39 is 0 Å². The van der Waals surface area contributed by atoms with Crippen LogP contribution in [0.2, 0.25) is 5.15 Å². The molecule has 1 aliphatic rings. The highest BCUT2D eigenvalue weighted by Gasteiger charge is 2.17. The molecular weight excluding hydrogens is 324 g/mol. The summed E-state index contributed by atoms with van der Waals surface area (Å²) in [4.78, 5) is 4.72. The van der Waals surface area contributed by atoms with Crippen molar-refractivity contribution in [3.63, 3.8) is 0 Å². The molecule has 0 saturated carbocycles. The molecule has 1 aliphatic heterocycles. The first-order valence-electron chi connectivity index (χ1n) is 8.37. The summed E-state index contributed by atoms with van der Waals surface area (Å²) in [5.74, 6) is 1.86. The lowest BCUT2D eigenvalue weighted by Crippen LogP contribution is -2.47. The van der Waals surface area contributed by atoms with E-state index in [-0.39, 0.29) is 0 Å². The van der Waals surface area contributed by atoms with Gasteiger partial charge in [-0.25, -0.2) is 0 Å². The fraction of sp³-hybridized carbons (Fsp3) is 0.444. The van der Waals surface area contributed by atoms with Gasteiger partial charge in [-0.1, -0.05) is 29.3 Å². The summed E-state index contributed by atoms with van der Waals surface area (Å²) in [6.45, 7) is 7.91. The molecule has 1 aromatic heterocycles. The average molecular weight is 347 g/mol. The number of anilines is 1. The predicted octanol–water partition coefficient (Wildman–Crippen LogP) is 3.03. The minimum absolute atomic E-state index is 0.436. The van der Waals surface area contributed by atoms with Gasteiger partial charge in [0.2, 0.25) is 0 Å². The summed E-state index contributed by atoms with van der Waals surface area (Å²) in [7, 11) is 0. The van der Waals surface area contributed by atoms with Gasteiger partial charge in [0.05, 0.1) is 6.61 Å². The maximum absolute atomic E-state index is 5.79. The smallest absolute Gasteiger partial charge is 0.151 e. The highest BCUT2D eigenvalue weighted by Crippen LogP contribution is 2.15. The molecule has 2 aromatic rings. The summed E-state index contributed by atoms with van der Waals surface area (Å²) in [6, 6.07) is 11.9. The van der Waals surface area contributed by atoms with Crippen molar-refractivity contribution in [3.8, 4) is 5.75 Å². The van der Waals surface area contributed by atoms with E-state index in [1.54, 1.807) is 6.07 Å². The van der Waals surface area contributed by atoms with Gasteiger partial charge < -0.3 is 9.64 Å². The zero-order valence-electron chi connectivity index (χ0n) is 14.0. The van der Waals surface area contributed by atoms with Crippen molar-refractivity contribution >= 4 is 17.4 Å². The first kappa shape index (κ1) is 17.0. The Morgan fingerprint density at radius 1 is 1.00 bits per heavy atom. The second-order valence-electron chi connectivity index (χ2n) is 6.06. The third-order valence-corrected chi connectivity index (χ3v) is 4.42. The Hall–Kier alpha value is -1.85. The number of ether oxygens (including phenoxy) is 1.